The highest BCUT2D eigenvalue weighted by Gasteiger charge is 2.27. The third kappa shape index (κ3) is 5.19. The minimum Gasteiger partial charge on any atom is -0.493 e. The Balaban J connectivity index is 1.48. The Morgan fingerprint density at radius 1 is 1.00 bits per heavy atom. The molecule has 0 saturated carbocycles. The maximum absolute atomic E-state index is 12.5. The third-order valence-electron chi connectivity index (χ3n) is 5.11. The summed E-state index contributed by atoms with van der Waals surface area (Å²) in [5, 5.41) is 5.87. The summed E-state index contributed by atoms with van der Waals surface area (Å²) in [6, 6.07) is 14.8. The minimum absolute atomic E-state index is 0.0115. The largest absolute Gasteiger partial charge is 0.493 e. The van der Waals surface area contributed by atoms with Gasteiger partial charge in [-0.25, -0.2) is 4.79 Å². The Kier molecular flexibility index (Phi) is 6.94. The van der Waals surface area contributed by atoms with Gasteiger partial charge in [0, 0.05) is 36.8 Å². The number of rotatable bonds is 6. The van der Waals surface area contributed by atoms with E-state index in [4.69, 9.17) is 9.47 Å². The topological polar surface area (TPSA) is 79.9 Å². The maximum Gasteiger partial charge on any atom is 0.317 e. The molecule has 1 heterocycles. The van der Waals surface area contributed by atoms with E-state index in [1.54, 1.807) is 19.1 Å². The summed E-state index contributed by atoms with van der Waals surface area (Å²) in [6.45, 7) is 1.44. The fraction of sp³-hybridized carbons (Fsp3) is 0.364. The average molecular weight is 397 g/mol. The van der Waals surface area contributed by atoms with Gasteiger partial charge in [0.2, 0.25) is 5.91 Å². The van der Waals surface area contributed by atoms with Crippen LogP contribution in [0.5, 0.6) is 11.5 Å². The van der Waals surface area contributed by atoms with Crippen LogP contribution in [0, 0.1) is 5.92 Å². The maximum atomic E-state index is 12.5. The highest BCUT2D eigenvalue weighted by molar-refractivity contribution is 5.92. The molecule has 29 heavy (non-hydrogen) atoms. The number of anilines is 1. The van der Waals surface area contributed by atoms with Crippen LogP contribution in [0.15, 0.2) is 48.5 Å². The summed E-state index contributed by atoms with van der Waals surface area (Å²) < 4.78 is 10.7. The lowest BCUT2D eigenvalue weighted by Crippen LogP contribution is -2.45. The molecule has 0 aliphatic carbocycles. The van der Waals surface area contributed by atoms with Crippen molar-refractivity contribution in [2.24, 2.45) is 5.92 Å². The number of urea groups is 1. The van der Waals surface area contributed by atoms with Crippen LogP contribution in [0.25, 0.3) is 0 Å². The highest BCUT2D eigenvalue weighted by atomic mass is 16.5. The zero-order chi connectivity index (χ0) is 20.6. The number of methoxy groups -OCH3 is 2. The van der Waals surface area contributed by atoms with Crippen molar-refractivity contribution in [3.05, 3.63) is 54.1 Å². The van der Waals surface area contributed by atoms with Crippen LogP contribution in [-0.4, -0.2) is 44.1 Å². The molecular formula is C22H27N3O4. The molecule has 7 nitrogen and oxygen atoms in total. The van der Waals surface area contributed by atoms with E-state index < -0.39 is 0 Å². The van der Waals surface area contributed by atoms with E-state index in [0.717, 1.165) is 11.3 Å². The van der Waals surface area contributed by atoms with E-state index in [9.17, 15) is 9.59 Å². The minimum atomic E-state index is -0.142. The number of hydrogen-bond donors (Lipinski definition) is 2. The van der Waals surface area contributed by atoms with Gasteiger partial charge in [0.25, 0.3) is 0 Å². The van der Waals surface area contributed by atoms with Gasteiger partial charge >= 0.3 is 6.03 Å². The SMILES string of the molecule is COc1cccc(CNC(=O)N2CCC(C(=O)Nc3ccccc3)CC2)c1OC. The smallest absolute Gasteiger partial charge is 0.317 e. The number of likely N-dealkylation sites (tertiary alicyclic amines) is 1. The number of para-hydroxylation sites is 2. The molecule has 0 spiro atoms. The molecule has 3 rings (SSSR count). The number of piperidine rings is 1. The van der Waals surface area contributed by atoms with E-state index in [1.165, 1.54) is 0 Å². The van der Waals surface area contributed by atoms with E-state index in [-0.39, 0.29) is 17.9 Å². The van der Waals surface area contributed by atoms with Crippen LogP contribution in [0.1, 0.15) is 18.4 Å². The Morgan fingerprint density at radius 3 is 2.38 bits per heavy atom. The second-order valence-corrected chi connectivity index (χ2v) is 6.93. The molecule has 1 aliphatic heterocycles. The summed E-state index contributed by atoms with van der Waals surface area (Å²) in [6.07, 6.45) is 1.29. The third-order valence-corrected chi connectivity index (χ3v) is 5.11. The van der Waals surface area contributed by atoms with Gasteiger partial charge in [-0.1, -0.05) is 30.3 Å². The summed E-state index contributed by atoms with van der Waals surface area (Å²) in [5.41, 5.74) is 1.64. The van der Waals surface area contributed by atoms with E-state index in [1.807, 2.05) is 48.5 Å². The first-order chi connectivity index (χ1) is 14.1. The molecule has 0 radical (unpaired) electrons. The lowest BCUT2D eigenvalue weighted by atomic mass is 9.96. The molecule has 2 aromatic rings. The van der Waals surface area contributed by atoms with Gasteiger partial charge in [0.15, 0.2) is 11.5 Å². The Hall–Kier alpha value is -3.22. The molecule has 1 aliphatic rings. The Bertz CT molecular complexity index is 833. The van der Waals surface area contributed by atoms with Crippen molar-refractivity contribution >= 4 is 17.6 Å². The quantitative estimate of drug-likeness (QED) is 0.784. The van der Waals surface area contributed by atoms with E-state index in [0.29, 0.717) is 44.0 Å². The average Bonchev–Trinajstić information content (AvgIpc) is 2.77. The lowest BCUT2D eigenvalue weighted by molar-refractivity contribution is -0.121. The summed E-state index contributed by atoms with van der Waals surface area (Å²) in [5.74, 6) is 1.17. The molecule has 1 fully saturated rings. The Labute approximate surface area is 171 Å². The lowest BCUT2D eigenvalue weighted by Gasteiger charge is -2.31. The molecule has 1 saturated heterocycles. The number of hydrogen-bond acceptors (Lipinski definition) is 4. The first-order valence-corrected chi connectivity index (χ1v) is 9.71. The van der Waals surface area contributed by atoms with Crippen LogP contribution in [0.3, 0.4) is 0 Å². The van der Waals surface area contributed by atoms with Crippen LogP contribution >= 0.6 is 0 Å². The van der Waals surface area contributed by atoms with Gasteiger partial charge in [0.05, 0.1) is 14.2 Å². The summed E-state index contributed by atoms with van der Waals surface area (Å²) in [7, 11) is 3.16. The van der Waals surface area contributed by atoms with Gasteiger partial charge in [-0.2, -0.15) is 0 Å². The van der Waals surface area contributed by atoms with Crippen molar-refractivity contribution in [3.63, 3.8) is 0 Å². The number of nitrogens with zero attached hydrogens (tertiary/aromatic N) is 1. The van der Waals surface area contributed by atoms with Gasteiger partial charge in [0.1, 0.15) is 0 Å². The van der Waals surface area contributed by atoms with Crippen molar-refractivity contribution in [1.82, 2.24) is 10.2 Å². The number of carbonyl (C=O) groups is 2. The van der Waals surface area contributed by atoms with Crippen molar-refractivity contribution in [3.8, 4) is 11.5 Å². The predicted octanol–water partition coefficient (Wildman–Crippen LogP) is 3.26. The number of amides is 3. The molecule has 7 heteroatoms. The van der Waals surface area contributed by atoms with E-state index >= 15 is 0 Å². The normalized spacial score (nSPS) is 14.2. The standard InChI is InChI=1S/C22H27N3O4/c1-28-19-10-6-7-17(20(19)29-2)15-23-22(27)25-13-11-16(12-14-25)21(26)24-18-8-4-3-5-9-18/h3-10,16H,11-15H2,1-2H3,(H,23,27)(H,24,26). The summed E-state index contributed by atoms with van der Waals surface area (Å²) in [4.78, 5) is 26.7. The fourth-order valence-corrected chi connectivity index (χ4v) is 3.49. The van der Waals surface area contributed by atoms with Gasteiger partial charge < -0.3 is 25.0 Å². The molecule has 0 aromatic heterocycles. The zero-order valence-corrected chi connectivity index (χ0v) is 16.8. The molecule has 0 unspecified atom stereocenters. The fourth-order valence-electron chi connectivity index (χ4n) is 3.49. The summed E-state index contributed by atoms with van der Waals surface area (Å²) >= 11 is 0. The number of nitrogens with one attached hydrogen (secondary N) is 2. The zero-order valence-electron chi connectivity index (χ0n) is 16.8. The molecule has 0 bridgehead atoms. The highest BCUT2D eigenvalue weighted by Crippen LogP contribution is 2.30. The predicted molar refractivity (Wildman–Crippen MR) is 111 cm³/mol. The second-order valence-electron chi connectivity index (χ2n) is 6.93. The number of carbonyl (C=O) groups excluding carboxylic acids is 2. The van der Waals surface area contributed by atoms with Crippen molar-refractivity contribution in [1.29, 1.82) is 0 Å². The molecule has 0 atom stereocenters. The number of ether oxygens (including phenoxy) is 2. The monoisotopic (exact) mass is 397 g/mol. The van der Waals surface area contributed by atoms with E-state index in [2.05, 4.69) is 10.6 Å². The van der Waals surface area contributed by atoms with Crippen LogP contribution in [-0.2, 0) is 11.3 Å². The molecular weight excluding hydrogens is 370 g/mol. The van der Waals surface area contributed by atoms with Crippen molar-refractivity contribution in [2.75, 3.05) is 32.6 Å². The second kappa shape index (κ2) is 9.82. The molecule has 2 N–H and O–H groups in total. The van der Waals surface area contributed by atoms with Crippen molar-refractivity contribution < 1.29 is 19.1 Å². The molecule has 154 valence electrons. The van der Waals surface area contributed by atoms with Crippen molar-refractivity contribution in [2.45, 2.75) is 19.4 Å². The van der Waals surface area contributed by atoms with Gasteiger partial charge in [-0.3, -0.25) is 4.79 Å². The van der Waals surface area contributed by atoms with Gasteiger partial charge in [-0.15, -0.1) is 0 Å². The first kappa shape index (κ1) is 20.5. The first-order valence-electron chi connectivity index (χ1n) is 9.71. The van der Waals surface area contributed by atoms with Gasteiger partial charge in [-0.05, 0) is 31.0 Å². The van der Waals surface area contributed by atoms with Crippen LogP contribution in [0.4, 0.5) is 10.5 Å². The van der Waals surface area contributed by atoms with Crippen LogP contribution < -0.4 is 20.1 Å². The molecule has 3 amide bonds. The Morgan fingerprint density at radius 2 is 1.72 bits per heavy atom. The number of benzene rings is 2. The van der Waals surface area contributed by atoms with Crippen LogP contribution in [0.2, 0.25) is 0 Å². The molecule has 2 aromatic carbocycles.